The van der Waals surface area contributed by atoms with Gasteiger partial charge in [-0.25, -0.2) is 0 Å². The Morgan fingerprint density at radius 3 is 2.36 bits per heavy atom. The molecule has 4 aromatic rings. The molecule has 1 aromatic heterocycles. The van der Waals surface area contributed by atoms with E-state index in [2.05, 4.69) is 29.0 Å². The first-order valence-corrected chi connectivity index (χ1v) is 7.28. The van der Waals surface area contributed by atoms with Gasteiger partial charge in [0.25, 0.3) is 0 Å². The molecule has 0 atom stereocenters. The van der Waals surface area contributed by atoms with Crippen molar-refractivity contribution in [2.24, 2.45) is 0 Å². The van der Waals surface area contributed by atoms with E-state index < -0.39 is 0 Å². The van der Waals surface area contributed by atoms with Gasteiger partial charge in [0.05, 0.1) is 5.52 Å². The Kier molecular flexibility index (Phi) is 2.94. The minimum Gasteiger partial charge on any atom is -0.507 e. The zero-order valence-electron chi connectivity index (χ0n) is 12.0. The number of aromatic nitrogens is 1. The van der Waals surface area contributed by atoms with E-state index in [0.29, 0.717) is 5.75 Å². The fraction of sp³-hybridized carbons (Fsp3) is 0. The molecule has 0 fully saturated rings. The second-order valence-electron chi connectivity index (χ2n) is 5.31. The Labute approximate surface area is 128 Å². The molecule has 0 unspecified atom stereocenters. The number of aromatic hydroxyl groups is 1. The minimum atomic E-state index is 0.298. The molecule has 0 saturated carbocycles. The lowest BCUT2D eigenvalue weighted by Crippen LogP contribution is -1.92. The molecule has 0 bridgehead atoms. The quantitative estimate of drug-likeness (QED) is 0.550. The van der Waals surface area contributed by atoms with Crippen molar-refractivity contribution in [3.63, 3.8) is 0 Å². The Bertz CT molecular complexity index is 938. The number of hydrogen-bond acceptors (Lipinski definition) is 1. The molecule has 0 saturated heterocycles. The van der Waals surface area contributed by atoms with Crippen LogP contribution in [0.25, 0.3) is 27.7 Å². The highest BCUT2D eigenvalue weighted by Gasteiger charge is 2.08. The fourth-order valence-electron chi connectivity index (χ4n) is 2.83. The van der Waals surface area contributed by atoms with Gasteiger partial charge in [0, 0.05) is 17.4 Å². The van der Waals surface area contributed by atoms with Crippen LogP contribution in [0, 0.1) is 0 Å². The summed E-state index contributed by atoms with van der Waals surface area (Å²) in [6.45, 7) is 0. The Morgan fingerprint density at radius 2 is 1.50 bits per heavy atom. The van der Waals surface area contributed by atoms with Gasteiger partial charge in [-0.1, -0.05) is 48.5 Å². The van der Waals surface area contributed by atoms with Gasteiger partial charge >= 0.3 is 0 Å². The van der Waals surface area contributed by atoms with E-state index >= 15 is 0 Å². The predicted molar refractivity (Wildman–Crippen MR) is 90.4 cm³/mol. The van der Waals surface area contributed by atoms with Crippen molar-refractivity contribution in [2.45, 2.75) is 0 Å². The van der Waals surface area contributed by atoms with Crippen LogP contribution in [-0.4, -0.2) is 9.67 Å². The van der Waals surface area contributed by atoms with Crippen molar-refractivity contribution in [1.82, 2.24) is 4.57 Å². The lowest BCUT2D eigenvalue weighted by atomic mass is 10.0. The van der Waals surface area contributed by atoms with Crippen LogP contribution in [0.2, 0.25) is 0 Å². The first kappa shape index (κ1) is 12.7. The molecule has 2 nitrogen and oxygen atoms in total. The molecule has 1 heterocycles. The number of rotatable bonds is 2. The average molecular weight is 285 g/mol. The second-order valence-corrected chi connectivity index (χ2v) is 5.31. The van der Waals surface area contributed by atoms with Gasteiger partial charge in [-0.2, -0.15) is 0 Å². The van der Waals surface area contributed by atoms with Crippen molar-refractivity contribution >= 4 is 10.9 Å². The molecule has 0 amide bonds. The van der Waals surface area contributed by atoms with Gasteiger partial charge in [0.2, 0.25) is 0 Å². The number of para-hydroxylation sites is 1. The van der Waals surface area contributed by atoms with Crippen LogP contribution in [-0.2, 0) is 0 Å². The average Bonchev–Trinajstić information content (AvgIpc) is 3.00. The van der Waals surface area contributed by atoms with Crippen molar-refractivity contribution in [3.8, 4) is 22.6 Å². The molecule has 1 N–H and O–H groups in total. The van der Waals surface area contributed by atoms with E-state index in [1.165, 1.54) is 5.39 Å². The maximum Gasteiger partial charge on any atom is 0.123 e. The number of hydrogen-bond donors (Lipinski definition) is 1. The smallest absolute Gasteiger partial charge is 0.123 e. The number of phenols is 1. The summed E-state index contributed by atoms with van der Waals surface area (Å²) < 4.78 is 2.14. The molecule has 22 heavy (non-hydrogen) atoms. The third-order valence-electron chi connectivity index (χ3n) is 3.94. The van der Waals surface area contributed by atoms with Gasteiger partial charge < -0.3 is 9.67 Å². The summed E-state index contributed by atoms with van der Waals surface area (Å²) in [5.41, 5.74) is 4.05. The molecule has 0 radical (unpaired) electrons. The standard InChI is InChI=1S/C20H15NO/c22-20-11-10-17(14-18(20)15-6-2-1-3-7-15)21-13-12-16-8-4-5-9-19(16)21/h1-14,22H. The first-order valence-electron chi connectivity index (χ1n) is 7.28. The van der Waals surface area contributed by atoms with E-state index in [-0.39, 0.29) is 0 Å². The van der Waals surface area contributed by atoms with E-state index in [4.69, 9.17) is 0 Å². The molecule has 4 rings (SSSR count). The second kappa shape index (κ2) is 5.08. The summed E-state index contributed by atoms with van der Waals surface area (Å²) in [5.74, 6) is 0.298. The zero-order valence-corrected chi connectivity index (χ0v) is 12.0. The highest BCUT2D eigenvalue weighted by Crippen LogP contribution is 2.32. The number of fused-ring (bicyclic) bond motifs is 1. The topological polar surface area (TPSA) is 25.2 Å². The third kappa shape index (κ3) is 2.06. The summed E-state index contributed by atoms with van der Waals surface area (Å²) >= 11 is 0. The summed E-state index contributed by atoms with van der Waals surface area (Å²) in [4.78, 5) is 0. The summed E-state index contributed by atoms with van der Waals surface area (Å²) in [6.07, 6.45) is 2.06. The Hall–Kier alpha value is -3.00. The predicted octanol–water partition coefficient (Wildman–Crippen LogP) is 5.00. The van der Waals surface area contributed by atoms with Gasteiger partial charge in [0.15, 0.2) is 0 Å². The maximum absolute atomic E-state index is 10.2. The highest BCUT2D eigenvalue weighted by atomic mass is 16.3. The lowest BCUT2D eigenvalue weighted by Gasteiger charge is -2.10. The summed E-state index contributed by atoms with van der Waals surface area (Å²) in [6, 6.07) is 26.1. The van der Waals surface area contributed by atoms with Crippen molar-refractivity contribution < 1.29 is 5.11 Å². The summed E-state index contributed by atoms with van der Waals surface area (Å²) in [5, 5.41) is 11.4. The van der Waals surface area contributed by atoms with Gasteiger partial charge in [-0.15, -0.1) is 0 Å². The van der Waals surface area contributed by atoms with Crippen LogP contribution in [0.4, 0.5) is 0 Å². The maximum atomic E-state index is 10.2. The van der Waals surface area contributed by atoms with Crippen molar-refractivity contribution in [2.75, 3.05) is 0 Å². The van der Waals surface area contributed by atoms with Crippen molar-refractivity contribution in [1.29, 1.82) is 0 Å². The number of benzene rings is 3. The largest absolute Gasteiger partial charge is 0.507 e. The van der Waals surface area contributed by atoms with Crippen LogP contribution in [0.15, 0.2) is 85.1 Å². The fourth-order valence-corrected chi connectivity index (χ4v) is 2.83. The van der Waals surface area contributed by atoms with Gasteiger partial charge in [0.1, 0.15) is 5.75 Å². The van der Waals surface area contributed by atoms with Crippen LogP contribution < -0.4 is 0 Å². The van der Waals surface area contributed by atoms with Crippen molar-refractivity contribution in [3.05, 3.63) is 85.1 Å². The first-order chi connectivity index (χ1) is 10.8. The zero-order chi connectivity index (χ0) is 14.9. The minimum absolute atomic E-state index is 0.298. The van der Waals surface area contributed by atoms with E-state index in [0.717, 1.165) is 22.3 Å². The van der Waals surface area contributed by atoms with Crippen LogP contribution in [0.3, 0.4) is 0 Å². The molecule has 0 spiro atoms. The molecular weight excluding hydrogens is 270 g/mol. The third-order valence-corrected chi connectivity index (χ3v) is 3.94. The van der Waals surface area contributed by atoms with Crippen LogP contribution in [0.1, 0.15) is 0 Å². The highest BCUT2D eigenvalue weighted by molar-refractivity contribution is 5.82. The molecule has 3 aromatic carbocycles. The molecule has 0 aliphatic rings. The molecule has 0 aliphatic heterocycles. The monoisotopic (exact) mass is 285 g/mol. The number of nitrogens with zero attached hydrogens (tertiary/aromatic N) is 1. The molecule has 0 aliphatic carbocycles. The lowest BCUT2D eigenvalue weighted by molar-refractivity contribution is 0.477. The van der Waals surface area contributed by atoms with E-state index in [1.54, 1.807) is 6.07 Å². The molecule has 106 valence electrons. The number of phenolic OH excluding ortho intramolecular Hbond substituents is 1. The Balaban J connectivity index is 1.90. The Morgan fingerprint density at radius 1 is 0.727 bits per heavy atom. The van der Waals surface area contributed by atoms with Gasteiger partial charge in [-0.3, -0.25) is 0 Å². The van der Waals surface area contributed by atoms with Crippen LogP contribution in [0.5, 0.6) is 5.75 Å². The normalized spacial score (nSPS) is 10.9. The molecule has 2 heteroatoms. The summed E-state index contributed by atoms with van der Waals surface area (Å²) in [7, 11) is 0. The molecular formula is C20H15NO. The van der Waals surface area contributed by atoms with Gasteiger partial charge in [-0.05, 0) is 41.3 Å². The van der Waals surface area contributed by atoms with E-state index in [1.807, 2.05) is 54.6 Å². The van der Waals surface area contributed by atoms with E-state index in [9.17, 15) is 5.11 Å². The van der Waals surface area contributed by atoms with Crippen LogP contribution >= 0.6 is 0 Å². The SMILES string of the molecule is Oc1ccc(-n2ccc3ccccc32)cc1-c1ccccc1.